The van der Waals surface area contributed by atoms with Gasteiger partial charge in [0.15, 0.2) is 10.9 Å². The smallest absolute Gasteiger partial charge is 0.312 e. The van der Waals surface area contributed by atoms with E-state index in [1.807, 2.05) is 24.3 Å². The zero-order chi connectivity index (χ0) is 19.4. The topological polar surface area (TPSA) is 94.6 Å². The molecule has 2 aromatic carbocycles. The lowest BCUT2D eigenvalue weighted by Crippen LogP contribution is -2.12. The van der Waals surface area contributed by atoms with Crippen LogP contribution in [-0.2, 0) is 13.6 Å². The SMILES string of the molecule is COP(=O)(CC(=O)c1ccc(C(=O)Nc2nc3ccccc3s2)cc1)OC. The van der Waals surface area contributed by atoms with Gasteiger partial charge in [0.2, 0.25) is 0 Å². The fourth-order valence-corrected chi connectivity index (χ4v) is 4.18. The van der Waals surface area contributed by atoms with E-state index in [0.717, 1.165) is 10.2 Å². The van der Waals surface area contributed by atoms with Gasteiger partial charge >= 0.3 is 7.60 Å². The summed E-state index contributed by atoms with van der Waals surface area (Å²) in [6.45, 7) is 0. The average Bonchev–Trinajstić information content (AvgIpc) is 3.10. The predicted octanol–water partition coefficient (Wildman–Crippen LogP) is 4.22. The Morgan fingerprint density at radius 2 is 1.67 bits per heavy atom. The van der Waals surface area contributed by atoms with Crippen molar-refractivity contribution in [1.82, 2.24) is 4.98 Å². The minimum atomic E-state index is -3.43. The number of anilines is 1. The van der Waals surface area contributed by atoms with Gasteiger partial charge in [-0.2, -0.15) is 0 Å². The number of carbonyl (C=O) groups is 2. The van der Waals surface area contributed by atoms with Gasteiger partial charge in [-0.25, -0.2) is 4.98 Å². The predicted molar refractivity (Wildman–Crippen MR) is 105 cm³/mol. The van der Waals surface area contributed by atoms with E-state index in [1.54, 1.807) is 0 Å². The molecule has 0 aliphatic heterocycles. The van der Waals surface area contributed by atoms with Crippen molar-refractivity contribution in [3.63, 3.8) is 0 Å². The van der Waals surface area contributed by atoms with E-state index in [1.165, 1.54) is 49.8 Å². The lowest BCUT2D eigenvalue weighted by Gasteiger charge is -2.12. The van der Waals surface area contributed by atoms with Gasteiger partial charge in [-0.05, 0) is 24.3 Å². The highest BCUT2D eigenvalue weighted by Crippen LogP contribution is 2.46. The molecule has 9 heteroatoms. The van der Waals surface area contributed by atoms with Crippen LogP contribution in [0.3, 0.4) is 0 Å². The number of rotatable bonds is 7. The van der Waals surface area contributed by atoms with Crippen molar-refractivity contribution in [2.45, 2.75) is 0 Å². The van der Waals surface area contributed by atoms with E-state index in [9.17, 15) is 14.2 Å². The summed E-state index contributed by atoms with van der Waals surface area (Å²) in [5, 5.41) is 3.25. The van der Waals surface area contributed by atoms with Crippen LogP contribution in [0.5, 0.6) is 0 Å². The summed E-state index contributed by atoms with van der Waals surface area (Å²) >= 11 is 1.38. The summed E-state index contributed by atoms with van der Waals surface area (Å²) in [7, 11) is -0.971. The molecule has 0 radical (unpaired) electrons. The quantitative estimate of drug-likeness (QED) is 0.468. The van der Waals surface area contributed by atoms with Crippen LogP contribution in [0, 0.1) is 0 Å². The Bertz CT molecular complexity index is 991. The van der Waals surface area contributed by atoms with Crippen LogP contribution >= 0.6 is 18.9 Å². The number of hydrogen-bond acceptors (Lipinski definition) is 7. The van der Waals surface area contributed by atoms with Crippen LogP contribution in [0.4, 0.5) is 5.13 Å². The molecule has 0 spiro atoms. The minimum Gasteiger partial charge on any atom is -0.312 e. The number of carbonyl (C=O) groups excluding carboxylic acids is 2. The summed E-state index contributed by atoms with van der Waals surface area (Å²) in [6.07, 6.45) is -0.364. The van der Waals surface area contributed by atoms with Crippen LogP contribution in [0.15, 0.2) is 48.5 Å². The van der Waals surface area contributed by atoms with Gasteiger partial charge in [0, 0.05) is 25.3 Å². The number of ketones is 1. The van der Waals surface area contributed by atoms with Gasteiger partial charge in [0.25, 0.3) is 5.91 Å². The van der Waals surface area contributed by atoms with E-state index in [2.05, 4.69) is 10.3 Å². The van der Waals surface area contributed by atoms with Crippen molar-refractivity contribution < 1.29 is 23.2 Å². The van der Waals surface area contributed by atoms with Crippen molar-refractivity contribution in [1.29, 1.82) is 0 Å². The maximum atomic E-state index is 12.4. The van der Waals surface area contributed by atoms with Crippen molar-refractivity contribution in [3.8, 4) is 0 Å². The Labute approximate surface area is 159 Å². The second-order valence-electron chi connectivity index (χ2n) is 5.58. The highest BCUT2D eigenvalue weighted by Gasteiger charge is 2.26. The molecule has 1 heterocycles. The van der Waals surface area contributed by atoms with Gasteiger partial charge in [-0.1, -0.05) is 35.6 Å². The van der Waals surface area contributed by atoms with Crippen molar-refractivity contribution >= 4 is 46.0 Å². The normalized spacial score (nSPS) is 11.5. The second-order valence-corrected chi connectivity index (χ2v) is 8.87. The average molecular weight is 404 g/mol. The third kappa shape index (κ3) is 4.48. The first-order valence-electron chi connectivity index (χ1n) is 7.95. The van der Waals surface area contributed by atoms with E-state index in [0.29, 0.717) is 16.3 Å². The molecule has 3 rings (SSSR count). The third-order valence-electron chi connectivity index (χ3n) is 3.88. The fourth-order valence-electron chi connectivity index (χ4n) is 2.37. The van der Waals surface area contributed by atoms with Crippen molar-refractivity contribution in [3.05, 3.63) is 59.7 Å². The highest BCUT2D eigenvalue weighted by molar-refractivity contribution is 7.54. The molecule has 3 aromatic rings. The fraction of sp³-hybridized carbons (Fsp3) is 0.167. The molecule has 0 bridgehead atoms. The lowest BCUT2D eigenvalue weighted by atomic mass is 10.1. The zero-order valence-corrected chi connectivity index (χ0v) is 16.4. The molecule has 0 aliphatic rings. The van der Waals surface area contributed by atoms with Gasteiger partial charge in [0.05, 0.1) is 10.2 Å². The first-order valence-corrected chi connectivity index (χ1v) is 10.5. The van der Waals surface area contributed by atoms with E-state index >= 15 is 0 Å². The molecule has 0 atom stereocenters. The molecule has 1 aromatic heterocycles. The number of nitrogens with zero attached hydrogens (tertiary/aromatic N) is 1. The molecule has 27 heavy (non-hydrogen) atoms. The Morgan fingerprint density at radius 3 is 2.30 bits per heavy atom. The van der Waals surface area contributed by atoms with Gasteiger partial charge in [-0.3, -0.25) is 19.5 Å². The van der Waals surface area contributed by atoms with E-state index in [4.69, 9.17) is 9.05 Å². The maximum Gasteiger partial charge on any atom is 0.337 e. The molecular formula is C18H17N2O5PS. The standard InChI is InChI=1S/C18H17N2O5PS/c1-24-26(23,25-2)11-15(21)12-7-9-13(10-8-12)17(22)20-18-19-14-5-3-4-6-16(14)27-18/h3-10H,11H2,1-2H3,(H,19,20,22). The molecular weight excluding hydrogens is 387 g/mol. The summed E-state index contributed by atoms with van der Waals surface area (Å²) in [5.41, 5.74) is 1.52. The summed E-state index contributed by atoms with van der Waals surface area (Å²) in [4.78, 5) is 28.9. The van der Waals surface area contributed by atoms with Crippen LogP contribution in [-0.4, -0.2) is 37.1 Å². The zero-order valence-electron chi connectivity index (χ0n) is 14.7. The molecule has 0 unspecified atom stereocenters. The number of para-hydroxylation sites is 1. The molecule has 0 fully saturated rings. The number of fused-ring (bicyclic) bond motifs is 1. The Balaban J connectivity index is 1.70. The number of amides is 1. The first kappa shape index (κ1) is 19.4. The summed E-state index contributed by atoms with van der Waals surface area (Å²) in [6, 6.07) is 13.7. The van der Waals surface area contributed by atoms with Crippen LogP contribution in [0.25, 0.3) is 10.2 Å². The summed E-state index contributed by atoms with van der Waals surface area (Å²) in [5.74, 6) is -0.715. The number of Topliss-reactive ketones (excluding diaryl/α,β-unsaturated/α-hetero) is 1. The van der Waals surface area contributed by atoms with E-state index in [-0.39, 0.29) is 17.9 Å². The molecule has 7 nitrogen and oxygen atoms in total. The molecule has 0 aliphatic carbocycles. The van der Waals surface area contributed by atoms with E-state index < -0.39 is 7.60 Å². The Hall–Kier alpha value is -2.38. The van der Waals surface area contributed by atoms with Crippen LogP contribution in [0.2, 0.25) is 0 Å². The maximum absolute atomic E-state index is 12.4. The molecule has 1 amide bonds. The molecule has 1 N–H and O–H groups in total. The molecule has 0 saturated carbocycles. The highest BCUT2D eigenvalue weighted by atomic mass is 32.1. The number of benzene rings is 2. The molecule has 140 valence electrons. The minimum absolute atomic E-state index is 0.320. The Kier molecular flexibility index (Phi) is 5.82. The van der Waals surface area contributed by atoms with Crippen molar-refractivity contribution in [2.24, 2.45) is 0 Å². The summed E-state index contributed by atoms with van der Waals surface area (Å²) < 4.78 is 22.6. The second kappa shape index (κ2) is 8.10. The molecule has 0 saturated heterocycles. The van der Waals surface area contributed by atoms with Crippen molar-refractivity contribution in [2.75, 3.05) is 25.7 Å². The number of nitrogens with one attached hydrogen (secondary N) is 1. The third-order valence-corrected chi connectivity index (χ3v) is 6.62. The monoisotopic (exact) mass is 404 g/mol. The first-order chi connectivity index (χ1) is 12.9. The number of hydrogen-bond donors (Lipinski definition) is 1. The van der Waals surface area contributed by atoms with Crippen LogP contribution in [0.1, 0.15) is 20.7 Å². The van der Waals surface area contributed by atoms with Gasteiger partial charge in [-0.15, -0.1) is 0 Å². The number of thiazole rings is 1. The largest absolute Gasteiger partial charge is 0.337 e. The van der Waals surface area contributed by atoms with Gasteiger partial charge < -0.3 is 9.05 Å². The lowest BCUT2D eigenvalue weighted by molar-refractivity contribution is 0.100. The Morgan fingerprint density at radius 1 is 1.04 bits per heavy atom. The van der Waals surface area contributed by atoms with Gasteiger partial charge in [0.1, 0.15) is 6.16 Å². The van der Waals surface area contributed by atoms with Crippen LogP contribution < -0.4 is 5.32 Å². The number of aromatic nitrogens is 1.